The predicted octanol–water partition coefficient (Wildman–Crippen LogP) is 8.28. The summed E-state index contributed by atoms with van der Waals surface area (Å²) in [5.74, 6) is -0.176. The van der Waals surface area contributed by atoms with Crippen LogP contribution in [0.2, 0.25) is 0 Å². The van der Waals surface area contributed by atoms with Gasteiger partial charge in [0.25, 0.3) is 0 Å². The maximum absolute atomic E-state index is 14.5. The van der Waals surface area contributed by atoms with Crippen molar-refractivity contribution in [3.05, 3.63) is 65.2 Å². The van der Waals surface area contributed by atoms with Gasteiger partial charge in [0.2, 0.25) is 5.82 Å². The summed E-state index contributed by atoms with van der Waals surface area (Å²) in [4.78, 5) is 0. The zero-order valence-corrected chi connectivity index (χ0v) is 20.6. The minimum atomic E-state index is -0.931. The second-order valence-corrected chi connectivity index (χ2v) is 9.89. The highest BCUT2D eigenvalue weighted by Crippen LogP contribution is 2.36. The lowest BCUT2D eigenvalue weighted by atomic mass is 9.77. The van der Waals surface area contributed by atoms with E-state index in [2.05, 4.69) is 13.0 Å². The van der Waals surface area contributed by atoms with E-state index in [-0.39, 0.29) is 11.3 Å². The number of benzene rings is 2. The van der Waals surface area contributed by atoms with Gasteiger partial charge in [-0.15, -0.1) is 0 Å². The Balaban J connectivity index is 1.28. The molecule has 0 amide bonds. The minimum absolute atomic E-state index is 0.0465. The molecule has 1 aliphatic carbocycles. The Hall–Kier alpha value is -2.20. The van der Waals surface area contributed by atoms with Crippen molar-refractivity contribution in [3.8, 4) is 16.9 Å². The van der Waals surface area contributed by atoms with Crippen LogP contribution in [-0.2, 0) is 11.2 Å². The molecule has 34 heavy (non-hydrogen) atoms. The van der Waals surface area contributed by atoms with Gasteiger partial charge in [0.1, 0.15) is 0 Å². The number of aryl methyl sites for hydroxylation is 1. The maximum Gasteiger partial charge on any atom is 0.201 e. The molecule has 1 fully saturated rings. The zero-order chi connectivity index (χ0) is 23.9. The Kier molecular flexibility index (Phi) is 8.77. The Bertz CT molecular complexity index is 959. The monoisotopic (exact) mass is 468 g/mol. The lowest BCUT2D eigenvalue weighted by molar-refractivity contribution is -0.000108. The summed E-state index contributed by atoms with van der Waals surface area (Å²) in [6.45, 7) is 5.08. The quantitative estimate of drug-likeness (QED) is 0.345. The molecule has 1 unspecified atom stereocenters. The van der Waals surface area contributed by atoms with E-state index in [9.17, 15) is 8.78 Å². The van der Waals surface area contributed by atoms with Gasteiger partial charge in [-0.25, -0.2) is 4.39 Å². The molecule has 1 aliphatic heterocycles. The molecular formula is C30H38F2O2. The highest BCUT2D eigenvalue weighted by atomic mass is 19.2. The molecule has 2 aromatic carbocycles. The average Bonchev–Trinajstić information content (AvgIpc) is 2.87. The molecule has 0 N–H and O–H groups in total. The fourth-order valence-corrected chi connectivity index (χ4v) is 5.56. The zero-order valence-electron chi connectivity index (χ0n) is 20.6. The summed E-state index contributed by atoms with van der Waals surface area (Å²) in [6, 6.07) is 10.8. The average molecular weight is 469 g/mol. The SMILES string of the molecule is CCCC1CCC(C2CC=C(CCc3ccc(-c4ccc(OCC)c(F)c4F)cc3)CO2)CC1. The van der Waals surface area contributed by atoms with Crippen molar-refractivity contribution in [2.24, 2.45) is 11.8 Å². The highest BCUT2D eigenvalue weighted by Gasteiger charge is 2.29. The molecule has 0 radical (unpaired) electrons. The van der Waals surface area contributed by atoms with Crippen molar-refractivity contribution < 1.29 is 18.3 Å². The van der Waals surface area contributed by atoms with Crippen LogP contribution in [0.5, 0.6) is 5.75 Å². The van der Waals surface area contributed by atoms with Crippen LogP contribution in [0.25, 0.3) is 11.1 Å². The van der Waals surface area contributed by atoms with Gasteiger partial charge < -0.3 is 9.47 Å². The van der Waals surface area contributed by atoms with E-state index in [4.69, 9.17) is 9.47 Å². The van der Waals surface area contributed by atoms with Gasteiger partial charge in [-0.3, -0.25) is 0 Å². The van der Waals surface area contributed by atoms with Crippen LogP contribution in [0.3, 0.4) is 0 Å². The largest absolute Gasteiger partial charge is 0.491 e. The summed E-state index contributed by atoms with van der Waals surface area (Å²) < 4.78 is 40.2. The van der Waals surface area contributed by atoms with E-state index >= 15 is 0 Å². The smallest absolute Gasteiger partial charge is 0.201 e. The molecule has 4 heteroatoms. The van der Waals surface area contributed by atoms with Gasteiger partial charge in [0, 0.05) is 5.56 Å². The third kappa shape index (κ3) is 6.07. The van der Waals surface area contributed by atoms with Crippen molar-refractivity contribution in [3.63, 3.8) is 0 Å². The third-order valence-electron chi connectivity index (χ3n) is 7.58. The van der Waals surface area contributed by atoms with Crippen LogP contribution in [0, 0.1) is 23.5 Å². The summed E-state index contributed by atoms with van der Waals surface area (Å²) >= 11 is 0. The lowest BCUT2D eigenvalue weighted by Crippen LogP contribution is -2.30. The first kappa shape index (κ1) is 24.9. The van der Waals surface area contributed by atoms with Gasteiger partial charge in [-0.05, 0) is 79.7 Å². The molecule has 0 aromatic heterocycles. The van der Waals surface area contributed by atoms with E-state index in [0.29, 0.717) is 18.3 Å². The van der Waals surface area contributed by atoms with Gasteiger partial charge in [-0.2, -0.15) is 4.39 Å². The highest BCUT2D eigenvalue weighted by molar-refractivity contribution is 5.65. The molecule has 1 saturated carbocycles. The van der Waals surface area contributed by atoms with Crippen molar-refractivity contribution in [1.82, 2.24) is 0 Å². The number of hydrogen-bond acceptors (Lipinski definition) is 2. The van der Waals surface area contributed by atoms with Crippen molar-refractivity contribution in [2.75, 3.05) is 13.2 Å². The van der Waals surface area contributed by atoms with Crippen LogP contribution in [-0.4, -0.2) is 19.3 Å². The van der Waals surface area contributed by atoms with Crippen LogP contribution in [0.4, 0.5) is 8.78 Å². The number of rotatable bonds is 9. The summed E-state index contributed by atoms with van der Waals surface area (Å²) in [5, 5.41) is 0. The second kappa shape index (κ2) is 12.0. The molecule has 0 spiro atoms. The molecule has 1 atom stereocenters. The van der Waals surface area contributed by atoms with Gasteiger partial charge >= 0.3 is 0 Å². The standard InChI is InChI=1S/C30H38F2O2/c1-3-5-21-10-15-25(16-11-21)27-18-12-23(20-34-27)7-6-22-8-13-24(14-9-22)26-17-19-28(33-4-2)30(32)29(26)31/h8-9,12-14,17,19,21,25,27H,3-7,10-11,15-16,18,20H2,1-2H3. The molecule has 2 aromatic rings. The molecule has 0 saturated heterocycles. The van der Waals surface area contributed by atoms with Crippen molar-refractivity contribution in [2.45, 2.75) is 77.7 Å². The molecule has 1 heterocycles. The van der Waals surface area contributed by atoms with E-state index in [0.717, 1.165) is 37.7 Å². The van der Waals surface area contributed by atoms with Crippen LogP contribution >= 0.6 is 0 Å². The number of halogens is 2. The molecule has 2 aliphatic rings. The third-order valence-corrected chi connectivity index (χ3v) is 7.58. The summed E-state index contributed by atoms with van der Waals surface area (Å²) in [6.07, 6.45) is 13.8. The topological polar surface area (TPSA) is 18.5 Å². The fraction of sp³-hybridized carbons (Fsp3) is 0.533. The molecule has 0 bridgehead atoms. The first-order chi connectivity index (χ1) is 16.6. The van der Waals surface area contributed by atoms with Crippen molar-refractivity contribution >= 4 is 0 Å². The Morgan fingerprint density at radius 1 is 0.912 bits per heavy atom. The van der Waals surface area contributed by atoms with Crippen LogP contribution in [0.15, 0.2) is 48.0 Å². The second-order valence-electron chi connectivity index (χ2n) is 9.89. The maximum atomic E-state index is 14.5. The van der Waals surface area contributed by atoms with Gasteiger partial charge in [-0.1, -0.05) is 62.9 Å². The van der Waals surface area contributed by atoms with Gasteiger partial charge in [0.15, 0.2) is 11.6 Å². The Morgan fingerprint density at radius 3 is 2.32 bits per heavy atom. The van der Waals surface area contributed by atoms with E-state index < -0.39 is 11.6 Å². The Labute approximate surface area is 203 Å². The first-order valence-corrected chi connectivity index (χ1v) is 13.1. The van der Waals surface area contributed by atoms with E-state index in [1.807, 2.05) is 24.3 Å². The molecule has 184 valence electrons. The Morgan fingerprint density at radius 2 is 1.68 bits per heavy atom. The van der Waals surface area contributed by atoms with Crippen LogP contribution < -0.4 is 4.74 Å². The van der Waals surface area contributed by atoms with Gasteiger partial charge in [0.05, 0.1) is 19.3 Å². The lowest BCUT2D eigenvalue weighted by Gasteiger charge is -2.35. The van der Waals surface area contributed by atoms with E-state index in [1.165, 1.54) is 55.7 Å². The number of ether oxygens (including phenoxy) is 2. The minimum Gasteiger partial charge on any atom is -0.491 e. The fourth-order valence-electron chi connectivity index (χ4n) is 5.56. The molecule has 2 nitrogen and oxygen atoms in total. The van der Waals surface area contributed by atoms with Crippen LogP contribution in [0.1, 0.15) is 70.8 Å². The normalized spacial score (nSPS) is 22.9. The molecule has 4 rings (SSSR count). The van der Waals surface area contributed by atoms with Crippen molar-refractivity contribution in [1.29, 1.82) is 0 Å². The number of hydrogen-bond donors (Lipinski definition) is 0. The molecular weight excluding hydrogens is 430 g/mol. The summed E-state index contributed by atoms with van der Waals surface area (Å²) in [7, 11) is 0. The predicted molar refractivity (Wildman–Crippen MR) is 134 cm³/mol. The summed E-state index contributed by atoms with van der Waals surface area (Å²) in [5.41, 5.74) is 3.48. The first-order valence-electron chi connectivity index (χ1n) is 13.1. The van der Waals surface area contributed by atoms with E-state index in [1.54, 1.807) is 13.0 Å².